The number of amides is 2. The molecule has 2 aromatic carbocycles. The predicted octanol–water partition coefficient (Wildman–Crippen LogP) is 5.14. The van der Waals surface area contributed by atoms with Crippen LogP contribution in [-0.4, -0.2) is 34.4 Å². The van der Waals surface area contributed by atoms with Crippen LogP contribution in [0.15, 0.2) is 71.6 Å². The summed E-state index contributed by atoms with van der Waals surface area (Å²) in [5, 5.41) is 5.28. The molecule has 2 aromatic heterocycles. The predicted molar refractivity (Wildman–Crippen MR) is 137 cm³/mol. The molecule has 0 spiro atoms. The van der Waals surface area contributed by atoms with Crippen LogP contribution in [0.25, 0.3) is 10.9 Å². The van der Waals surface area contributed by atoms with Gasteiger partial charge >= 0.3 is 0 Å². The molecule has 35 heavy (non-hydrogen) atoms. The van der Waals surface area contributed by atoms with Crippen LogP contribution >= 0.6 is 11.3 Å². The van der Waals surface area contributed by atoms with E-state index in [0.717, 1.165) is 27.6 Å². The Morgan fingerprint density at radius 2 is 1.80 bits per heavy atom. The number of fused-ring (bicyclic) bond motifs is 1. The van der Waals surface area contributed by atoms with Gasteiger partial charge in [-0.05, 0) is 64.6 Å². The number of carbonyl (C=O) groups excluding carboxylic acids is 2. The number of benzene rings is 2. The number of thiophene rings is 1. The van der Waals surface area contributed by atoms with Crippen LogP contribution in [0, 0.1) is 11.7 Å². The summed E-state index contributed by atoms with van der Waals surface area (Å²) >= 11 is 1.63. The first kappa shape index (κ1) is 23.3. The number of primary amides is 1. The van der Waals surface area contributed by atoms with E-state index >= 15 is 0 Å². The summed E-state index contributed by atoms with van der Waals surface area (Å²) in [6, 6.07) is 16.9. The average Bonchev–Trinajstić information content (AvgIpc) is 3.53. The third kappa shape index (κ3) is 5.00. The summed E-state index contributed by atoms with van der Waals surface area (Å²) in [4.78, 5) is 26.8. The molecule has 3 heterocycles. The molecule has 1 atom stereocenters. The zero-order chi connectivity index (χ0) is 24.4. The lowest BCUT2D eigenvalue weighted by atomic mass is 9.88. The Morgan fingerprint density at radius 1 is 1.06 bits per heavy atom. The van der Waals surface area contributed by atoms with Crippen LogP contribution < -0.4 is 5.73 Å². The van der Waals surface area contributed by atoms with Gasteiger partial charge in [0.1, 0.15) is 5.82 Å². The number of nitrogens with two attached hydrogens (primary N) is 1. The summed E-state index contributed by atoms with van der Waals surface area (Å²) in [6.07, 6.45) is 3.76. The van der Waals surface area contributed by atoms with Gasteiger partial charge in [0, 0.05) is 55.0 Å². The molecule has 0 radical (unpaired) electrons. The molecule has 1 aliphatic rings. The SMILES string of the molecule is NC(=O)C1CCN(C(=O)CC(c2ccsc2)c2cn(Cc3ccc(F)cc3)c3ccccc23)CC1. The molecule has 5 rings (SSSR count). The maximum absolute atomic E-state index is 13.4. The Kier molecular flexibility index (Phi) is 6.68. The van der Waals surface area contributed by atoms with Crippen LogP contribution in [0.3, 0.4) is 0 Å². The lowest BCUT2D eigenvalue weighted by Crippen LogP contribution is -2.42. The number of aromatic nitrogens is 1. The molecular formula is C28H28FN3O2S. The number of hydrogen-bond donors (Lipinski definition) is 1. The van der Waals surface area contributed by atoms with Crippen molar-refractivity contribution in [2.75, 3.05) is 13.1 Å². The van der Waals surface area contributed by atoms with Crippen LogP contribution in [0.2, 0.25) is 0 Å². The zero-order valence-electron chi connectivity index (χ0n) is 19.4. The van der Waals surface area contributed by atoms with Gasteiger partial charge in [-0.2, -0.15) is 11.3 Å². The number of rotatable bonds is 7. The van der Waals surface area contributed by atoms with E-state index in [2.05, 4.69) is 34.3 Å². The van der Waals surface area contributed by atoms with E-state index in [0.29, 0.717) is 38.9 Å². The molecule has 0 aliphatic carbocycles. The molecule has 1 unspecified atom stereocenters. The van der Waals surface area contributed by atoms with Crippen molar-refractivity contribution in [2.24, 2.45) is 11.7 Å². The van der Waals surface area contributed by atoms with Gasteiger partial charge in [-0.25, -0.2) is 4.39 Å². The second kappa shape index (κ2) is 10.0. The highest BCUT2D eigenvalue weighted by Gasteiger charge is 2.29. The molecule has 2 N–H and O–H groups in total. The molecule has 1 fully saturated rings. The van der Waals surface area contributed by atoms with E-state index in [1.54, 1.807) is 23.5 Å². The van der Waals surface area contributed by atoms with Crippen LogP contribution in [0.1, 0.15) is 41.9 Å². The Hall–Kier alpha value is -3.45. The number of halogens is 1. The monoisotopic (exact) mass is 489 g/mol. The van der Waals surface area contributed by atoms with E-state index in [1.807, 2.05) is 22.4 Å². The Bertz CT molecular complexity index is 1320. The molecule has 0 saturated carbocycles. The van der Waals surface area contributed by atoms with Crippen LogP contribution in [0.4, 0.5) is 4.39 Å². The van der Waals surface area contributed by atoms with E-state index in [4.69, 9.17) is 5.73 Å². The third-order valence-corrected chi connectivity index (χ3v) is 7.74. The van der Waals surface area contributed by atoms with Crippen molar-refractivity contribution >= 4 is 34.1 Å². The van der Waals surface area contributed by atoms with Crippen LogP contribution in [0.5, 0.6) is 0 Å². The van der Waals surface area contributed by atoms with Crippen molar-refractivity contribution in [1.29, 1.82) is 0 Å². The summed E-state index contributed by atoms with van der Waals surface area (Å²) in [5.74, 6) is -0.650. The standard InChI is InChI=1S/C28H28FN3O2S/c29-22-7-5-19(6-8-22)16-32-17-25(23-3-1-2-4-26(23)32)24(21-11-14-35-18-21)15-27(33)31-12-9-20(10-13-31)28(30)34/h1-8,11,14,17-18,20,24H,9-10,12-13,15-16H2,(H2,30,34). The highest BCUT2D eigenvalue weighted by atomic mass is 32.1. The first-order valence-corrected chi connectivity index (χ1v) is 12.9. The molecule has 7 heteroatoms. The van der Waals surface area contributed by atoms with Crippen molar-refractivity contribution in [3.63, 3.8) is 0 Å². The topological polar surface area (TPSA) is 68.3 Å². The number of piperidine rings is 1. The lowest BCUT2D eigenvalue weighted by molar-refractivity contribution is -0.135. The van der Waals surface area contributed by atoms with Gasteiger partial charge in [0.15, 0.2) is 0 Å². The second-order valence-electron chi connectivity index (χ2n) is 9.23. The van der Waals surface area contributed by atoms with Crippen molar-refractivity contribution in [1.82, 2.24) is 9.47 Å². The van der Waals surface area contributed by atoms with Crippen LogP contribution in [-0.2, 0) is 16.1 Å². The summed E-state index contributed by atoms with van der Waals surface area (Å²) in [6.45, 7) is 1.75. The number of likely N-dealkylation sites (tertiary alicyclic amines) is 1. The number of hydrogen-bond acceptors (Lipinski definition) is 3. The van der Waals surface area contributed by atoms with Gasteiger partial charge in [0.2, 0.25) is 11.8 Å². The maximum atomic E-state index is 13.4. The van der Waals surface area contributed by atoms with Crippen molar-refractivity contribution in [2.45, 2.75) is 31.7 Å². The van der Waals surface area contributed by atoms with E-state index in [1.165, 1.54) is 12.1 Å². The quantitative estimate of drug-likeness (QED) is 0.391. The smallest absolute Gasteiger partial charge is 0.223 e. The fourth-order valence-electron chi connectivity index (χ4n) is 5.07. The van der Waals surface area contributed by atoms with Gasteiger partial charge < -0.3 is 15.2 Å². The molecule has 1 aliphatic heterocycles. The van der Waals surface area contributed by atoms with Gasteiger partial charge in [0.05, 0.1) is 0 Å². The highest BCUT2D eigenvalue weighted by Crippen LogP contribution is 2.36. The van der Waals surface area contributed by atoms with Gasteiger partial charge in [-0.1, -0.05) is 30.3 Å². The number of nitrogens with zero attached hydrogens (tertiary/aromatic N) is 2. The largest absolute Gasteiger partial charge is 0.369 e. The molecule has 2 amide bonds. The summed E-state index contributed by atoms with van der Waals surface area (Å²) in [5.41, 5.74) is 9.80. The minimum absolute atomic E-state index is 0.0815. The Balaban J connectivity index is 1.45. The molecule has 180 valence electrons. The average molecular weight is 490 g/mol. The molecule has 0 bridgehead atoms. The minimum Gasteiger partial charge on any atom is -0.369 e. The van der Waals surface area contributed by atoms with E-state index < -0.39 is 0 Å². The maximum Gasteiger partial charge on any atom is 0.223 e. The van der Waals surface area contributed by atoms with Crippen molar-refractivity contribution in [3.05, 3.63) is 94.1 Å². The zero-order valence-corrected chi connectivity index (χ0v) is 20.2. The first-order chi connectivity index (χ1) is 17.0. The van der Waals surface area contributed by atoms with Crippen molar-refractivity contribution < 1.29 is 14.0 Å². The Morgan fingerprint density at radius 3 is 2.49 bits per heavy atom. The number of carbonyl (C=O) groups is 2. The minimum atomic E-state index is -0.276. The molecular weight excluding hydrogens is 461 g/mol. The molecule has 4 aromatic rings. The van der Waals surface area contributed by atoms with Crippen molar-refractivity contribution in [3.8, 4) is 0 Å². The van der Waals surface area contributed by atoms with Gasteiger partial charge in [-0.3, -0.25) is 9.59 Å². The van der Waals surface area contributed by atoms with E-state index in [-0.39, 0.29) is 29.5 Å². The summed E-state index contributed by atoms with van der Waals surface area (Å²) < 4.78 is 15.6. The Labute approximate surface area is 208 Å². The number of para-hydroxylation sites is 1. The van der Waals surface area contributed by atoms with E-state index in [9.17, 15) is 14.0 Å². The fraction of sp³-hybridized carbons (Fsp3) is 0.286. The normalized spacial score (nSPS) is 15.4. The third-order valence-electron chi connectivity index (χ3n) is 7.04. The fourth-order valence-corrected chi connectivity index (χ4v) is 5.78. The second-order valence-corrected chi connectivity index (χ2v) is 10.0. The molecule has 5 nitrogen and oxygen atoms in total. The first-order valence-electron chi connectivity index (χ1n) is 11.9. The van der Waals surface area contributed by atoms with Gasteiger partial charge in [0.25, 0.3) is 0 Å². The van der Waals surface area contributed by atoms with Gasteiger partial charge in [-0.15, -0.1) is 0 Å². The molecule has 1 saturated heterocycles. The summed E-state index contributed by atoms with van der Waals surface area (Å²) in [7, 11) is 0. The highest BCUT2D eigenvalue weighted by molar-refractivity contribution is 7.08. The lowest BCUT2D eigenvalue weighted by Gasteiger charge is -2.31.